The number of carbonyl (C=O) groups is 1. The SMILES string of the molecule is CC1CN(C(=O)OC(C)(C)C)CCN1c1ccc2nc(-c3cccc4[nH]c(=O)c(O)c(N)c34)[nH]c2c1. The highest BCUT2D eigenvalue weighted by molar-refractivity contribution is 6.03. The van der Waals surface area contributed by atoms with E-state index in [0.29, 0.717) is 41.9 Å². The number of anilines is 2. The van der Waals surface area contributed by atoms with Crippen molar-refractivity contribution >= 4 is 39.4 Å². The van der Waals surface area contributed by atoms with Crippen LogP contribution < -0.4 is 16.2 Å². The molecule has 1 aliphatic rings. The lowest BCUT2D eigenvalue weighted by atomic mass is 10.1. The number of nitrogens with zero attached hydrogens (tertiary/aromatic N) is 3. The monoisotopic (exact) mass is 490 g/mol. The summed E-state index contributed by atoms with van der Waals surface area (Å²) in [4.78, 5) is 39.2. The fourth-order valence-corrected chi connectivity index (χ4v) is 4.70. The number of aromatic amines is 2. The van der Waals surface area contributed by atoms with E-state index in [1.54, 1.807) is 17.0 Å². The third-order valence-corrected chi connectivity index (χ3v) is 6.38. The number of hydrogen-bond donors (Lipinski definition) is 4. The van der Waals surface area contributed by atoms with Crippen LogP contribution >= 0.6 is 0 Å². The maximum Gasteiger partial charge on any atom is 0.410 e. The zero-order valence-electron chi connectivity index (χ0n) is 20.8. The quantitative estimate of drug-likeness (QED) is 0.335. The van der Waals surface area contributed by atoms with Crippen LogP contribution in [0.15, 0.2) is 41.2 Å². The summed E-state index contributed by atoms with van der Waals surface area (Å²) in [5.74, 6) is 0.0709. The van der Waals surface area contributed by atoms with E-state index in [2.05, 4.69) is 21.8 Å². The first-order valence-electron chi connectivity index (χ1n) is 11.9. The lowest BCUT2D eigenvalue weighted by molar-refractivity contribution is 0.0219. The van der Waals surface area contributed by atoms with Gasteiger partial charge in [-0.1, -0.05) is 12.1 Å². The van der Waals surface area contributed by atoms with Crippen molar-refractivity contribution in [3.05, 3.63) is 46.8 Å². The molecular formula is C26H30N6O4. The largest absolute Gasteiger partial charge is 0.502 e. The van der Waals surface area contributed by atoms with E-state index in [1.807, 2.05) is 45.0 Å². The summed E-state index contributed by atoms with van der Waals surface area (Å²) >= 11 is 0. The number of nitrogens with one attached hydrogen (secondary N) is 2. The Hall–Kier alpha value is -4.21. The topological polar surface area (TPSA) is 141 Å². The predicted octanol–water partition coefficient (Wildman–Crippen LogP) is 3.80. The Morgan fingerprint density at radius 2 is 1.94 bits per heavy atom. The van der Waals surface area contributed by atoms with Gasteiger partial charge in [0.2, 0.25) is 5.75 Å². The van der Waals surface area contributed by atoms with Crippen molar-refractivity contribution in [3.8, 4) is 17.1 Å². The molecule has 5 N–H and O–H groups in total. The van der Waals surface area contributed by atoms with Crippen molar-refractivity contribution in [1.29, 1.82) is 0 Å². The van der Waals surface area contributed by atoms with Gasteiger partial charge in [-0.3, -0.25) is 4.79 Å². The van der Waals surface area contributed by atoms with Crippen molar-refractivity contribution in [3.63, 3.8) is 0 Å². The molecule has 0 aliphatic carbocycles. The average molecular weight is 491 g/mol. The second kappa shape index (κ2) is 8.47. The second-order valence-electron chi connectivity index (χ2n) is 10.2. The molecule has 0 saturated carbocycles. The fraction of sp³-hybridized carbons (Fsp3) is 0.346. The lowest BCUT2D eigenvalue weighted by Gasteiger charge is -2.41. The molecule has 1 aliphatic heterocycles. The third kappa shape index (κ3) is 4.19. The minimum Gasteiger partial charge on any atom is -0.502 e. The molecular weight excluding hydrogens is 460 g/mol. The zero-order valence-corrected chi connectivity index (χ0v) is 20.8. The molecule has 1 fully saturated rings. The Morgan fingerprint density at radius 3 is 2.67 bits per heavy atom. The number of carbonyl (C=O) groups excluding carboxylic acids is 1. The van der Waals surface area contributed by atoms with E-state index in [0.717, 1.165) is 16.7 Å². The van der Waals surface area contributed by atoms with Gasteiger partial charge in [0.25, 0.3) is 5.56 Å². The molecule has 188 valence electrons. The van der Waals surface area contributed by atoms with Crippen molar-refractivity contribution in [2.24, 2.45) is 0 Å². The number of amides is 1. The molecule has 1 amide bonds. The fourth-order valence-electron chi connectivity index (χ4n) is 4.70. The molecule has 1 unspecified atom stereocenters. The minimum absolute atomic E-state index is 0.0159. The van der Waals surface area contributed by atoms with Crippen LogP contribution in [0.3, 0.4) is 0 Å². The van der Waals surface area contributed by atoms with E-state index >= 15 is 0 Å². The Morgan fingerprint density at radius 1 is 1.17 bits per heavy atom. The first-order valence-corrected chi connectivity index (χ1v) is 11.9. The summed E-state index contributed by atoms with van der Waals surface area (Å²) in [5.41, 5.74) is 8.79. The van der Waals surface area contributed by atoms with Gasteiger partial charge in [-0.2, -0.15) is 0 Å². The maximum atomic E-state index is 12.5. The number of benzene rings is 2. The molecule has 1 saturated heterocycles. The number of aromatic nitrogens is 3. The third-order valence-electron chi connectivity index (χ3n) is 6.38. The van der Waals surface area contributed by atoms with Gasteiger partial charge >= 0.3 is 6.09 Å². The molecule has 2 aromatic carbocycles. The molecule has 3 heterocycles. The predicted molar refractivity (Wildman–Crippen MR) is 140 cm³/mol. The van der Waals surface area contributed by atoms with Crippen molar-refractivity contribution in [2.75, 3.05) is 30.3 Å². The molecule has 4 aromatic rings. The van der Waals surface area contributed by atoms with Crippen molar-refractivity contribution < 1.29 is 14.6 Å². The minimum atomic E-state index is -0.632. The molecule has 0 spiro atoms. The van der Waals surface area contributed by atoms with Crippen LogP contribution in [0.2, 0.25) is 0 Å². The highest BCUT2D eigenvalue weighted by Gasteiger charge is 2.30. The number of aromatic hydroxyl groups is 1. The Labute approximate surface area is 207 Å². The molecule has 0 bridgehead atoms. The van der Waals surface area contributed by atoms with Gasteiger partial charge in [0.05, 0.1) is 22.2 Å². The summed E-state index contributed by atoms with van der Waals surface area (Å²) in [5, 5.41) is 10.6. The van der Waals surface area contributed by atoms with E-state index < -0.39 is 16.9 Å². The summed E-state index contributed by atoms with van der Waals surface area (Å²) in [6.07, 6.45) is -0.288. The van der Waals surface area contributed by atoms with Gasteiger partial charge < -0.3 is 35.3 Å². The zero-order chi connectivity index (χ0) is 25.8. The molecule has 0 radical (unpaired) electrons. The average Bonchev–Trinajstić information content (AvgIpc) is 3.24. The van der Waals surface area contributed by atoms with Crippen LogP contribution in [-0.2, 0) is 4.74 Å². The number of piperazine rings is 1. The summed E-state index contributed by atoms with van der Waals surface area (Å²) in [7, 11) is 0. The van der Waals surface area contributed by atoms with Gasteiger partial charge in [-0.05, 0) is 52.0 Å². The number of H-pyrrole nitrogens is 2. The van der Waals surface area contributed by atoms with Gasteiger partial charge in [-0.25, -0.2) is 9.78 Å². The number of rotatable bonds is 2. The number of nitrogens with two attached hydrogens (primary N) is 1. The molecule has 10 nitrogen and oxygen atoms in total. The first kappa shape index (κ1) is 23.5. The summed E-state index contributed by atoms with van der Waals surface area (Å²) < 4.78 is 5.53. The summed E-state index contributed by atoms with van der Waals surface area (Å²) in [6.45, 7) is 9.51. The number of fused-ring (bicyclic) bond motifs is 2. The van der Waals surface area contributed by atoms with E-state index in [1.165, 1.54) is 0 Å². The van der Waals surface area contributed by atoms with Gasteiger partial charge in [0.1, 0.15) is 11.4 Å². The van der Waals surface area contributed by atoms with Crippen LogP contribution in [-0.4, -0.2) is 62.3 Å². The lowest BCUT2D eigenvalue weighted by Crippen LogP contribution is -2.54. The van der Waals surface area contributed by atoms with Crippen molar-refractivity contribution in [1.82, 2.24) is 19.9 Å². The van der Waals surface area contributed by atoms with Crippen LogP contribution in [0.25, 0.3) is 33.3 Å². The molecule has 10 heteroatoms. The van der Waals surface area contributed by atoms with Crippen LogP contribution in [0.5, 0.6) is 5.75 Å². The number of imidazole rings is 1. The van der Waals surface area contributed by atoms with E-state index in [9.17, 15) is 14.7 Å². The standard InChI is InChI=1S/C26H30N6O4/c1-14-13-31(25(35)36-26(2,3)4)10-11-32(14)15-8-9-17-19(12-15)29-23(28-17)16-6-5-7-18-20(16)21(27)22(33)24(34)30-18/h5-9,12,14,33H,10-11,13H2,1-4H3,(H,28,29)(H3,27,30,34). The number of nitrogen functional groups attached to an aromatic ring is 1. The van der Waals surface area contributed by atoms with Crippen molar-refractivity contribution in [2.45, 2.75) is 39.3 Å². The smallest absolute Gasteiger partial charge is 0.410 e. The van der Waals surface area contributed by atoms with E-state index in [4.69, 9.17) is 15.5 Å². The number of ether oxygens (including phenoxy) is 1. The highest BCUT2D eigenvalue weighted by atomic mass is 16.6. The van der Waals surface area contributed by atoms with E-state index in [-0.39, 0.29) is 17.8 Å². The van der Waals surface area contributed by atoms with Gasteiger partial charge in [-0.15, -0.1) is 0 Å². The number of pyridine rings is 1. The first-order chi connectivity index (χ1) is 17.0. The second-order valence-corrected chi connectivity index (χ2v) is 10.2. The Bertz CT molecular complexity index is 1530. The van der Waals surface area contributed by atoms with Gasteiger partial charge in [0, 0.05) is 42.3 Å². The Kier molecular flexibility index (Phi) is 5.54. The van der Waals surface area contributed by atoms with Crippen LogP contribution in [0.4, 0.5) is 16.2 Å². The van der Waals surface area contributed by atoms with Crippen LogP contribution in [0.1, 0.15) is 27.7 Å². The molecule has 1 atom stereocenters. The highest BCUT2D eigenvalue weighted by Crippen LogP contribution is 2.34. The Balaban J connectivity index is 1.44. The number of hydrogen-bond acceptors (Lipinski definition) is 7. The normalized spacial score (nSPS) is 16.6. The molecule has 5 rings (SSSR count). The maximum absolute atomic E-state index is 12.5. The molecule has 36 heavy (non-hydrogen) atoms. The van der Waals surface area contributed by atoms with Crippen LogP contribution in [0, 0.1) is 0 Å². The molecule has 2 aromatic heterocycles. The van der Waals surface area contributed by atoms with Gasteiger partial charge in [0.15, 0.2) is 0 Å². The summed E-state index contributed by atoms with van der Waals surface area (Å²) in [6, 6.07) is 11.5.